The molecule has 2 aromatic rings. The molecule has 1 atom stereocenters. The topological polar surface area (TPSA) is 67.7 Å². The first-order valence-corrected chi connectivity index (χ1v) is 9.12. The minimum atomic E-state index is -0.117. The van der Waals surface area contributed by atoms with Gasteiger partial charge in [0.25, 0.3) is 5.91 Å². The monoisotopic (exact) mass is 370 g/mol. The second-order valence-electron chi connectivity index (χ2n) is 6.97. The van der Waals surface area contributed by atoms with Crippen LogP contribution in [-0.2, 0) is 24.3 Å². The first kappa shape index (κ1) is 18.9. The summed E-state index contributed by atoms with van der Waals surface area (Å²) in [6.45, 7) is 5.31. The van der Waals surface area contributed by atoms with Crippen molar-refractivity contribution in [3.63, 3.8) is 0 Å². The van der Waals surface area contributed by atoms with E-state index in [4.69, 9.17) is 4.74 Å². The Bertz CT molecular complexity index is 846. The van der Waals surface area contributed by atoms with Crippen LogP contribution in [0.15, 0.2) is 30.3 Å². The molecule has 0 saturated heterocycles. The Morgan fingerprint density at radius 2 is 2.04 bits per heavy atom. The number of hydrogen-bond donors (Lipinski definition) is 0. The van der Waals surface area contributed by atoms with Crippen molar-refractivity contribution in [2.24, 2.45) is 0 Å². The van der Waals surface area contributed by atoms with Crippen molar-refractivity contribution in [3.8, 4) is 5.75 Å². The summed E-state index contributed by atoms with van der Waals surface area (Å²) in [6, 6.07) is 9.62. The molecule has 2 amide bonds. The summed E-state index contributed by atoms with van der Waals surface area (Å²) in [7, 11) is 3.45. The van der Waals surface area contributed by atoms with Crippen molar-refractivity contribution in [1.29, 1.82) is 0 Å². The first-order chi connectivity index (χ1) is 12.9. The van der Waals surface area contributed by atoms with Gasteiger partial charge < -0.3 is 14.5 Å². The van der Waals surface area contributed by atoms with Crippen LogP contribution in [0.5, 0.6) is 5.75 Å². The Morgan fingerprint density at radius 1 is 1.30 bits per heavy atom. The summed E-state index contributed by atoms with van der Waals surface area (Å²) in [5.41, 5.74) is 2.38. The van der Waals surface area contributed by atoms with Gasteiger partial charge in [0.2, 0.25) is 5.91 Å². The van der Waals surface area contributed by atoms with E-state index < -0.39 is 0 Å². The molecule has 3 rings (SSSR count). The number of benzene rings is 1. The number of fused-ring (bicyclic) bond motifs is 1. The Kier molecular flexibility index (Phi) is 5.48. The summed E-state index contributed by atoms with van der Waals surface area (Å²) in [4.78, 5) is 28.0. The van der Waals surface area contributed by atoms with E-state index in [0.29, 0.717) is 31.7 Å². The molecule has 1 aliphatic heterocycles. The minimum absolute atomic E-state index is 0.0127. The molecule has 0 fully saturated rings. The van der Waals surface area contributed by atoms with Crippen LogP contribution in [0.1, 0.15) is 35.6 Å². The lowest BCUT2D eigenvalue weighted by atomic mass is 10.0. The lowest BCUT2D eigenvalue weighted by molar-refractivity contribution is -0.130. The quantitative estimate of drug-likeness (QED) is 0.807. The largest absolute Gasteiger partial charge is 0.496 e. The average Bonchev–Trinajstić information content (AvgIpc) is 3.10. The van der Waals surface area contributed by atoms with Gasteiger partial charge >= 0.3 is 0 Å². The fraction of sp³-hybridized carbons (Fsp3) is 0.450. The van der Waals surface area contributed by atoms with E-state index in [9.17, 15) is 9.59 Å². The van der Waals surface area contributed by atoms with Gasteiger partial charge in [0, 0.05) is 26.6 Å². The number of aromatic nitrogens is 2. The van der Waals surface area contributed by atoms with Crippen LogP contribution in [0.4, 0.5) is 0 Å². The summed E-state index contributed by atoms with van der Waals surface area (Å²) >= 11 is 0. The predicted molar refractivity (Wildman–Crippen MR) is 102 cm³/mol. The highest BCUT2D eigenvalue weighted by molar-refractivity contribution is 5.92. The number of rotatable bonds is 5. The molecule has 0 saturated carbocycles. The van der Waals surface area contributed by atoms with Crippen LogP contribution in [0.25, 0.3) is 0 Å². The predicted octanol–water partition coefficient (Wildman–Crippen LogP) is 1.96. The molecule has 1 aliphatic rings. The number of carbonyl (C=O) groups is 2. The van der Waals surface area contributed by atoms with Gasteiger partial charge in [0.15, 0.2) is 5.69 Å². The third kappa shape index (κ3) is 3.97. The minimum Gasteiger partial charge on any atom is -0.496 e. The fourth-order valence-electron chi connectivity index (χ4n) is 3.35. The van der Waals surface area contributed by atoms with E-state index in [0.717, 1.165) is 17.0 Å². The molecule has 7 nitrogen and oxygen atoms in total. The second-order valence-corrected chi connectivity index (χ2v) is 6.97. The zero-order chi connectivity index (χ0) is 19.6. The Labute approximate surface area is 159 Å². The number of nitrogens with zero attached hydrogens (tertiary/aromatic N) is 4. The van der Waals surface area contributed by atoms with E-state index in [1.165, 1.54) is 0 Å². The van der Waals surface area contributed by atoms with Crippen LogP contribution < -0.4 is 4.74 Å². The molecule has 2 heterocycles. The smallest absolute Gasteiger partial charge is 0.274 e. The maximum Gasteiger partial charge on any atom is 0.274 e. The van der Waals surface area contributed by atoms with Crippen LogP contribution in [-0.4, -0.2) is 58.1 Å². The Morgan fingerprint density at radius 3 is 2.74 bits per heavy atom. The van der Waals surface area contributed by atoms with Crippen molar-refractivity contribution in [2.75, 3.05) is 20.7 Å². The van der Waals surface area contributed by atoms with Crippen molar-refractivity contribution in [1.82, 2.24) is 19.6 Å². The molecule has 1 aromatic carbocycles. The zero-order valence-electron chi connectivity index (χ0n) is 16.3. The maximum absolute atomic E-state index is 12.9. The lowest BCUT2D eigenvalue weighted by Gasteiger charge is -2.26. The van der Waals surface area contributed by atoms with Gasteiger partial charge in [-0.15, -0.1) is 0 Å². The van der Waals surface area contributed by atoms with E-state index in [2.05, 4.69) is 5.10 Å². The zero-order valence-corrected chi connectivity index (χ0v) is 16.3. The Hall–Kier alpha value is -2.83. The third-order valence-corrected chi connectivity index (χ3v) is 5.15. The van der Waals surface area contributed by atoms with E-state index in [-0.39, 0.29) is 17.9 Å². The molecule has 0 spiro atoms. The number of amides is 2. The van der Waals surface area contributed by atoms with Gasteiger partial charge in [-0.05, 0) is 31.0 Å². The molecule has 27 heavy (non-hydrogen) atoms. The molecular weight excluding hydrogens is 344 g/mol. The van der Waals surface area contributed by atoms with Crippen LogP contribution >= 0.6 is 0 Å². The number of methoxy groups -OCH3 is 1. The molecule has 7 heteroatoms. The van der Waals surface area contributed by atoms with Crippen LogP contribution in [0.2, 0.25) is 0 Å². The first-order valence-electron chi connectivity index (χ1n) is 9.12. The number of ether oxygens (including phenoxy) is 1. The third-order valence-electron chi connectivity index (χ3n) is 5.15. The van der Waals surface area contributed by atoms with Crippen molar-refractivity contribution in [3.05, 3.63) is 47.3 Å². The Balaban J connectivity index is 1.71. The van der Waals surface area contributed by atoms with Crippen LogP contribution in [0, 0.1) is 0 Å². The van der Waals surface area contributed by atoms with Gasteiger partial charge in [-0.2, -0.15) is 5.10 Å². The number of likely N-dealkylation sites (N-methyl/N-ethyl adjacent to an activating group) is 1. The molecule has 1 aromatic heterocycles. The van der Waals surface area contributed by atoms with E-state index >= 15 is 0 Å². The summed E-state index contributed by atoms with van der Waals surface area (Å²) in [5, 5.41) is 4.45. The molecule has 0 bridgehead atoms. The van der Waals surface area contributed by atoms with E-state index in [1.807, 2.05) is 35.9 Å². The number of para-hydroxylation sites is 1. The molecule has 144 valence electrons. The van der Waals surface area contributed by atoms with Gasteiger partial charge in [-0.25, -0.2) is 0 Å². The van der Waals surface area contributed by atoms with Crippen molar-refractivity contribution < 1.29 is 14.3 Å². The van der Waals surface area contributed by atoms with Crippen molar-refractivity contribution in [2.45, 2.75) is 39.4 Å². The van der Waals surface area contributed by atoms with Gasteiger partial charge in [-0.3, -0.25) is 14.3 Å². The molecule has 0 radical (unpaired) electrons. The van der Waals surface area contributed by atoms with Gasteiger partial charge in [-0.1, -0.05) is 18.2 Å². The normalized spacial score (nSPS) is 14.4. The molecular formula is C20H26N4O3. The molecule has 1 unspecified atom stereocenters. The SMILES string of the molecule is COc1ccccc1CC(C)N(C)C(=O)c1cc2n(n1)CCN(C(C)=O)C2. The standard InChI is InChI=1S/C20H26N4O3/c1-14(11-16-7-5-6-8-19(16)27-4)22(3)20(26)18-12-17-13-23(15(2)25)9-10-24(17)21-18/h5-8,12,14H,9-11,13H2,1-4H3. The number of carbonyl (C=O) groups excluding carboxylic acids is 2. The molecule has 0 aliphatic carbocycles. The van der Waals surface area contributed by atoms with Crippen LogP contribution in [0.3, 0.4) is 0 Å². The molecule has 0 N–H and O–H groups in total. The van der Waals surface area contributed by atoms with E-state index in [1.54, 1.807) is 36.9 Å². The highest BCUT2D eigenvalue weighted by Gasteiger charge is 2.25. The van der Waals surface area contributed by atoms with Gasteiger partial charge in [0.1, 0.15) is 5.75 Å². The average molecular weight is 370 g/mol. The summed E-state index contributed by atoms with van der Waals surface area (Å²) < 4.78 is 7.23. The van der Waals surface area contributed by atoms with Crippen molar-refractivity contribution >= 4 is 11.8 Å². The fourth-order valence-corrected chi connectivity index (χ4v) is 3.35. The van der Waals surface area contributed by atoms with Gasteiger partial charge in [0.05, 0.1) is 25.9 Å². The maximum atomic E-state index is 12.9. The second kappa shape index (κ2) is 7.82. The summed E-state index contributed by atoms with van der Waals surface area (Å²) in [5.74, 6) is 0.749. The highest BCUT2D eigenvalue weighted by Crippen LogP contribution is 2.21. The summed E-state index contributed by atoms with van der Waals surface area (Å²) in [6.07, 6.45) is 0.692. The lowest BCUT2D eigenvalue weighted by Crippen LogP contribution is -2.37. The highest BCUT2D eigenvalue weighted by atomic mass is 16.5. The number of hydrogen-bond acceptors (Lipinski definition) is 4.